The van der Waals surface area contributed by atoms with Crippen LogP contribution in [0.25, 0.3) is 0 Å². The molecule has 3 aliphatic heterocycles. The Morgan fingerprint density at radius 3 is 2.57 bits per heavy atom. The van der Waals surface area contributed by atoms with Crippen LogP contribution in [0.5, 0.6) is 5.75 Å². The average Bonchev–Trinajstić information content (AvgIpc) is 3.67. The number of carbonyl (C=O) groups excluding carboxylic acids is 1. The molecule has 1 aliphatic carbocycles. The van der Waals surface area contributed by atoms with Gasteiger partial charge in [0.05, 0.1) is 29.8 Å². The van der Waals surface area contributed by atoms with Gasteiger partial charge in [-0.15, -0.1) is 10.2 Å². The van der Waals surface area contributed by atoms with Crippen molar-refractivity contribution in [3.05, 3.63) is 69.8 Å². The van der Waals surface area contributed by atoms with E-state index in [-0.39, 0.29) is 29.1 Å². The van der Waals surface area contributed by atoms with E-state index in [0.29, 0.717) is 42.5 Å². The number of piperazine rings is 1. The summed E-state index contributed by atoms with van der Waals surface area (Å²) in [5.74, 6) is 1.38. The number of benzene rings is 2. The number of likely N-dealkylation sites (N-methyl/N-ethyl adjacent to an activating group) is 1. The van der Waals surface area contributed by atoms with Crippen LogP contribution in [-0.2, 0) is 38.1 Å². The molecule has 4 heterocycles. The van der Waals surface area contributed by atoms with E-state index in [1.807, 2.05) is 17.7 Å². The van der Waals surface area contributed by atoms with Crippen molar-refractivity contribution in [1.29, 1.82) is 0 Å². The van der Waals surface area contributed by atoms with Crippen LogP contribution >= 0.6 is 0 Å². The molecule has 1 aromatic heterocycles. The van der Waals surface area contributed by atoms with E-state index in [2.05, 4.69) is 47.0 Å². The summed E-state index contributed by atoms with van der Waals surface area (Å²) in [5, 5.41) is 8.56. The number of hydrogen-bond donors (Lipinski definition) is 0. The number of hydrogen-bond acceptors (Lipinski definition) is 6. The van der Waals surface area contributed by atoms with Crippen LogP contribution in [0.3, 0.4) is 0 Å². The molecule has 1 atom stereocenters. The molecule has 234 valence electrons. The van der Waals surface area contributed by atoms with Gasteiger partial charge in [0.25, 0.3) is 5.91 Å². The number of nitrogens with zero attached hydrogens (tertiary/aromatic N) is 6. The number of aromatic nitrogens is 3. The van der Waals surface area contributed by atoms with Crippen molar-refractivity contribution in [3.8, 4) is 5.75 Å². The summed E-state index contributed by atoms with van der Waals surface area (Å²) >= 11 is 0. The Labute approximate surface area is 255 Å². The van der Waals surface area contributed by atoms with Gasteiger partial charge in [-0.3, -0.25) is 9.69 Å². The molecule has 1 amide bonds. The van der Waals surface area contributed by atoms with Crippen LogP contribution in [0.4, 0.5) is 18.9 Å². The Kier molecular flexibility index (Phi) is 7.04. The lowest BCUT2D eigenvalue weighted by molar-refractivity contribution is -0.138. The maximum absolute atomic E-state index is 14.6. The Morgan fingerprint density at radius 2 is 1.91 bits per heavy atom. The molecule has 2 aromatic carbocycles. The molecule has 0 radical (unpaired) electrons. The van der Waals surface area contributed by atoms with Gasteiger partial charge in [0.15, 0.2) is 0 Å². The predicted octanol–water partition coefficient (Wildman–Crippen LogP) is 5.17. The van der Waals surface area contributed by atoms with Crippen LogP contribution in [-0.4, -0.2) is 69.8 Å². The number of fused-ring (bicyclic) bond motifs is 2. The third-order valence-corrected chi connectivity index (χ3v) is 10.3. The van der Waals surface area contributed by atoms with Crippen LogP contribution in [0.1, 0.15) is 77.1 Å². The summed E-state index contributed by atoms with van der Waals surface area (Å²) in [6.07, 6.45) is 0.593. The molecule has 11 heteroatoms. The standard InChI is InChI=1S/C33H39F3N6O2/c1-20(2)28-18-39(3)9-10-41(28)16-21-12-24-25(26(13-21)33(34,35)36)17-42(30(24)43)27-15-23(14-22-6-11-44-29(22)27)32(7-5-8-32)31-38-37-19-40(31)4/h12-15,19-20,28H,5-11,16-18H2,1-4H3/t28-/m1/s1. The minimum Gasteiger partial charge on any atom is -0.491 e. The molecule has 4 aliphatic rings. The molecule has 1 saturated carbocycles. The molecule has 0 N–H and O–H groups in total. The third kappa shape index (κ3) is 4.70. The first-order valence-corrected chi connectivity index (χ1v) is 15.6. The molecular weight excluding hydrogens is 569 g/mol. The van der Waals surface area contributed by atoms with E-state index < -0.39 is 17.6 Å². The summed E-state index contributed by atoms with van der Waals surface area (Å²) in [6.45, 7) is 7.46. The number of carbonyl (C=O) groups is 1. The first kappa shape index (κ1) is 29.3. The van der Waals surface area contributed by atoms with Crippen LogP contribution < -0.4 is 9.64 Å². The fourth-order valence-corrected chi connectivity index (χ4v) is 7.71. The minimum absolute atomic E-state index is 0.0360. The summed E-state index contributed by atoms with van der Waals surface area (Å²) < 4.78 is 51.8. The number of amides is 1. The molecule has 44 heavy (non-hydrogen) atoms. The normalized spacial score (nSPS) is 21.9. The van der Waals surface area contributed by atoms with Gasteiger partial charge in [-0.1, -0.05) is 26.3 Å². The first-order valence-electron chi connectivity index (χ1n) is 15.6. The maximum Gasteiger partial charge on any atom is 0.416 e. The zero-order chi connectivity index (χ0) is 31.0. The smallest absolute Gasteiger partial charge is 0.416 e. The van der Waals surface area contributed by atoms with Gasteiger partial charge in [-0.05, 0) is 66.3 Å². The number of rotatable bonds is 6. The molecule has 1 saturated heterocycles. The zero-order valence-corrected chi connectivity index (χ0v) is 25.7. The Hall–Kier alpha value is -3.44. The highest BCUT2D eigenvalue weighted by Gasteiger charge is 2.46. The summed E-state index contributed by atoms with van der Waals surface area (Å²) in [4.78, 5) is 20.1. The van der Waals surface area contributed by atoms with E-state index in [0.717, 1.165) is 55.8 Å². The Bertz CT molecular complexity index is 1610. The quantitative estimate of drug-likeness (QED) is 0.385. The lowest BCUT2D eigenvalue weighted by Crippen LogP contribution is -2.53. The molecular formula is C33H39F3N6O2. The van der Waals surface area contributed by atoms with Crippen LogP contribution in [0, 0.1) is 5.92 Å². The Balaban J connectivity index is 1.28. The molecule has 0 bridgehead atoms. The fraction of sp³-hybridized carbons (Fsp3) is 0.545. The van der Waals surface area contributed by atoms with E-state index in [9.17, 15) is 18.0 Å². The van der Waals surface area contributed by atoms with Crippen molar-refractivity contribution in [3.63, 3.8) is 0 Å². The SMILES string of the molecule is CC(C)[C@H]1CN(C)CCN1Cc1cc2c(c(C(F)(F)F)c1)CN(c1cc(C3(c4nncn4C)CCC3)cc3c1OCC3)C2=O. The number of ether oxygens (including phenoxy) is 1. The molecule has 0 spiro atoms. The second kappa shape index (κ2) is 10.6. The molecule has 2 fully saturated rings. The van der Waals surface area contributed by atoms with Crippen LogP contribution in [0.15, 0.2) is 30.6 Å². The summed E-state index contributed by atoms with van der Waals surface area (Å²) in [6, 6.07) is 7.26. The molecule has 8 nitrogen and oxygen atoms in total. The van der Waals surface area contributed by atoms with Crippen molar-refractivity contribution < 1.29 is 22.7 Å². The van der Waals surface area contributed by atoms with Gasteiger partial charge >= 0.3 is 6.18 Å². The highest BCUT2D eigenvalue weighted by molar-refractivity contribution is 6.11. The lowest BCUT2D eigenvalue weighted by Gasteiger charge is -2.42. The Morgan fingerprint density at radius 1 is 1.11 bits per heavy atom. The van der Waals surface area contributed by atoms with Crippen molar-refractivity contribution in [1.82, 2.24) is 24.6 Å². The monoisotopic (exact) mass is 608 g/mol. The van der Waals surface area contributed by atoms with Crippen LogP contribution in [0.2, 0.25) is 0 Å². The summed E-state index contributed by atoms with van der Waals surface area (Å²) in [5.41, 5.74) is 2.14. The van der Waals surface area contributed by atoms with Crippen molar-refractivity contribution in [2.24, 2.45) is 13.0 Å². The van der Waals surface area contributed by atoms with Crippen molar-refractivity contribution in [2.75, 3.05) is 38.2 Å². The van der Waals surface area contributed by atoms with E-state index in [1.165, 1.54) is 11.0 Å². The first-order chi connectivity index (χ1) is 21.0. The molecule has 0 unspecified atom stereocenters. The van der Waals surface area contributed by atoms with Gasteiger partial charge < -0.3 is 19.1 Å². The second-order valence-corrected chi connectivity index (χ2v) is 13.4. The van der Waals surface area contributed by atoms with Gasteiger partial charge in [-0.25, -0.2) is 0 Å². The van der Waals surface area contributed by atoms with Crippen molar-refractivity contribution in [2.45, 2.75) is 70.3 Å². The van der Waals surface area contributed by atoms with E-state index in [1.54, 1.807) is 12.4 Å². The lowest BCUT2D eigenvalue weighted by atomic mass is 9.63. The van der Waals surface area contributed by atoms with Gasteiger partial charge in [-0.2, -0.15) is 13.2 Å². The van der Waals surface area contributed by atoms with E-state index in [4.69, 9.17) is 4.74 Å². The number of halogens is 3. The third-order valence-electron chi connectivity index (χ3n) is 10.3. The summed E-state index contributed by atoms with van der Waals surface area (Å²) in [7, 11) is 4.00. The fourth-order valence-electron chi connectivity index (χ4n) is 7.71. The van der Waals surface area contributed by atoms with E-state index >= 15 is 0 Å². The number of alkyl halides is 3. The highest BCUT2D eigenvalue weighted by atomic mass is 19.4. The highest BCUT2D eigenvalue weighted by Crippen LogP contribution is 2.52. The topological polar surface area (TPSA) is 66.7 Å². The van der Waals surface area contributed by atoms with Gasteiger partial charge in [0, 0.05) is 51.3 Å². The number of anilines is 1. The van der Waals surface area contributed by atoms with Gasteiger partial charge in [0.2, 0.25) is 0 Å². The largest absolute Gasteiger partial charge is 0.491 e. The molecule has 3 aromatic rings. The zero-order valence-electron chi connectivity index (χ0n) is 25.7. The van der Waals surface area contributed by atoms with Crippen molar-refractivity contribution >= 4 is 11.6 Å². The second-order valence-electron chi connectivity index (χ2n) is 13.4. The predicted molar refractivity (Wildman–Crippen MR) is 160 cm³/mol. The minimum atomic E-state index is -4.59. The average molecular weight is 609 g/mol. The van der Waals surface area contributed by atoms with Gasteiger partial charge in [0.1, 0.15) is 17.9 Å². The maximum atomic E-state index is 14.6. The number of aryl methyl sites for hydroxylation is 1. The molecule has 7 rings (SSSR count).